The first kappa shape index (κ1) is 13.5. The molecule has 7 heteroatoms. The first-order valence-corrected chi connectivity index (χ1v) is 8.09. The summed E-state index contributed by atoms with van der Waals surface area (Å²) in [6.07, 6.45) is 1.53. The van der Waals surface area contributed by atoms with Crippen molar-refractivity contribution in [3.63, 3.8) is 0 Å². The molecule has 0 aliphatic carbocycles. The van der Waals surface area contributed by atoms with Crippen molar-refractivity contribution in [1.29, 1.82) is 0 Å². The van der Waals surface area contributed by atoms with Crippen LogP contribution in [0.4, 0.5) is 0 Å². The van der Waals surface area contributed by atoms with Crippen LogP contribution in [0.2, 0.25) is 0 Å². The first-order chi connectivity index (χ1) is 8.44. The first-order valence-electron chi connectivity index (χ1n) is 5.71. The molecule has 0 radical (unpaired) electrons. The maximum Gasteiger partial charge on any atom is 0.323 e. The molecule has 1 aliphatic heterocycles. The third-order valence-corrected chi connectivity index (χ3v) is 6.36. The van der Waals surface area contributed by atoms with Gasteiger partial charge in [-0.05, 0) is 31.2 Å². The van der Waals surface area contributed by atoms with E-state index in [0.717, 1.165) is 17.7 Å². The van der Waals surface area contributed by atoms with Gasteiger partial charge in [0, 0.05) is 11.4 Å². The summed E-state index contributed by atoms with van der Waals surface area (Å²) in [5.41, 5.74) is 0. The van der Waals surface area contributed by atoms with Crippen molar-refractivity contribution < 1.29 is 18.3 Å². The van der Waals surface area contributed by atoms with Crippen molar-refractivity contribution in [1.82, 2.24) is 4.31 Å². The Morgan fingerprint density at radius 3 is 2.89 bits per heavy atom. The van der Waals surface area contributed by atoms with Crippen molar-refractivity contribution >= 4 is 27.3 Å². The third-order valence-electron chi connectivity index (χ3n) is 3.20. The topological polar surface area (TPSA) is 74.7 Å². The van der Waals surface area contributed by atoms with E-state index in [1.807, 2.05) is 17.5 Å². The van der Waals surface area contributed by atoms with Gasteiger partial charge in [0.15, 0.2) is 5.25 Å². The third kappa shape index (κ3) is 2.30. The highest BCUT2D eigenvalue weighted by atomic mass is 32.2. The summed E-state index contributed by atoms with van der Waals surface area (Å²) in [5.74, 6) is -1.30. The predicted molar refractivity (Wildman–Crippen MR) is 69.0 cm³/mol. The van der Waals surface area contributed by atoms with E-state index in [-0.39, 0.29) is 6.04 Å². The summed E-state index contributed by atoms with van der Waals surface area (Å²) in [7, 11) is -3.77. The predicted octanol–water partition coefficient (Wildman–Crippen LogP) is 1.69. The zero-order valence-electron chi connectivity index (χ0n) is 9.94. The van der Waals surface area contributed by atoms with Crippen molar-refractivity contribution in [3.8, 4) is 0 Å². The molecule has 0 amide bonds. The van der Waals surface area contributed by atoms with Crippen LogP contribution in [0.5, 0.6) is 0 Å². The molecule has 2 atom stereocenters. The van der Waals surface area contributed by atoms with Crippen LogP contribution in [0.1, 0.15) is 30.7 Å². The van der Waals surface area contributed by atoms with Crippen LogP contribution in [-0.2, 0) is 14.8 Å². The number of carbonyl (C=O) groups is 1. The molecule has 1 aliphatic rings. The van der Waals surface area contributed by atoms with Crippen molar-refractivity contribution in [2.45, 2.75) is 31.1 Å². The second-order valence-corrected chi connectivity index (χ2v) is 7.49. The summed E-state index contributed by atoms with van der Waals surface area (Å²) >= 11 is 1.51. The highest BCUT2D eigenvalue weighted by Gasteiger charge is 2.41. The van der Waals surface area contributed by atoms with Gasteiger partial charge in [-0.25, -0.2) is 8.42 Å². The van der Waals surface area contributed by atoms with Gasteiger partial charge in [-0.2, -0.15) is 4.31 Å². The van der Waals surface area contributed by atoms with Crippen LogP contribution in [0.25, 0.3) is 0 Å². The second kappa shape index (κ2) is 4.99. The molecular formula is C11H15NO4S2. The lowest BCUT2D eigenvalue weighted by atomic mass is 10.2. The number of aliphatic carboxylic acids is 1. The van der Waals surface area contributed by atoms with E-state index in [2.05, 4.69) is 0 Å². The standard InChI is InChI=1S/C11H15NO4S2/c1-8(11(13)14)18(15,16)12-6-2-4-9(12)10-5-3-7-17-10/h3,5,7-9H,2,4,6H2,1H3,(H,13,14). The normalized spacial score (nSPS) is 23.1. The van der Waals surface area contributed by atoms with Gasteiger partial charge in [-0.3, -0.25) is 4.79 Å². The molecule has 1 N–H and O–H groups in total. The van der Waals surface area contributed by atoms with Crippen LogP contribution in [0.15, 0.2) is 17.5 Å². The molecular weight excluding hydrogens is 274 g/mol. The highest BCUT2D eigenvalue weighted by Crippen LogP contribution is 2.37. The lowest BCUT2D eigenvalue weighted by Gasteiger charge is -2.25. The molecule has 5 nitrogen and oxygen atoms in total. The molecule has 1 aromatic rings. The Morgan fingerprint density at radius 2 is 2.33 bits per heavy atom. The van der Waals surface area contributed by atoms with Gasteiger partial charge >= 0.3 is 5.97 Å². The fraction of sp³-hybridized carbons (Fsp3) is 0.545. The summed E-state index contributed by atoms with van der Waals surface area (Å²) in [4.78, 5) is 11.9. The number of nitrogens with zero attached hydrogens (tertiary/aromatic N) is 1. The molecule has 2 rings (SSSR count). The van der Waals surface area contributed by atoms with E-state index in [0.29, 0.717) is 6.54 Å². The molecule has 0 bridgehead atoms. The Morgan fingerprint density at radius 1 is 1.61 bits per heavy atom. The van der Waals surface area contributed by atoms with Crippen molar-refractivity contribution in [2.75, 3.05) is 6.54 Å². The van der Waals surface area contributed by atoms with Crippen molar-refractivity contribution in [3.05, 3.63) is 22.4 Å². The maximum atomic E-state index is 12.2. The zero-order chi connectivity index (χ0) is 13.3. The number of hydrogen-bond acceptors (Lipinski definition) is 4. The number of thiophene rings is 1. The van der Waals surface area contributed by atoms with Crippen LogP contribution in [-0.4, -0.2) is 35.6 Å². The Bertz CT molecular complexity index is 523. The van der Waals surface area contributed by atoms with Gasteiger partial charge in [-0.15, -0.1) is 11.3 Å². The second-order valence-electron chi connectivity index (χ2n) is 4.31. The van der Waals surface area contributed by atoms with E-state index >= 15 is 0 Å². The van der Waals surface area contributed by atoms with Gasteiger partial charge in [0.2, 0.25) is 10.0 Å². The molecule has 0 saturated carbocycles. The van der Waals surface area contributed by atoms with E-state index in [4.69, 9.17) is 5.11 Å². The fourth-order valence-electron chi connectivity index (χ4n) is 2.14. The van der Waals surface area contributed by atoms with E-state index in [1.54, 1.807) is 0 Å². The minimum Gasteiger partial charge on any atom is -0.480 e. The zero-order valence-corrected chi connectivity index (χ0v) is 11.6. The van der Waals surface area contributed by atoms with Crippen molar-refractivity contribution in [2.24, 2.45) is 0 Å². The van der Waals surface area contributed by atoms with Crippen LogP contribution in [0, 0.1) is 0 Å². The number of hydrogen-bond donors (Lipinski definition) is 1. The minimum absolute atomic E-state index is 0.197. The molecule has 2 heterocycles. The molecule has 1 fully saturated rings. The average molecular weight is 289 g/mol. The lowest BCUT2D eigenvalue weighted by Crippen LogP contribution is -2.40. The summed E-state index contributed by atoms with van der Waals surface area (Å²) in [6, 6.07) is 3.58. The largest absolute Gasteiger partial charge is 0.480 e. The molecule has 2 unspecified atom stereocenters. The number of rotatable bonds is 4. The Hall–Kier alpha value is -0.920. The van der Waals surface area contributed by atoms with Gasteiger partial charge in [0.25, 0.3) is 0 Å². The molecule has 18 heavy (non-hydrogen) atoms. The SMILES string of the molecule is CC(C(=O)O)S(=O)(=O)N1CCCC1c1cccs1. The maximum absolute atomic E-state index is 12.2. The summed E-state index contributed by atoms with van der Waals surface area (Å²) < 4.78 is 25.8. The number of carboxylic acid groups (broad SMARTS) is 1. The Labute approximate surface area is 110 Å². The van der Waals surface area contributed by atoms with E-state index < -0.39 is 21.2 Å². The molecule has 1 aromatic heterocycles. The minimum atomic E-state index is -3.77. The van der Waals surface area contributed by atoms with Crippen LogP contribution in [0.3, 0.4) is 0 Å². The Kier molecular flexibility index (Phi) is 3.74. The molecule has 0 aromatic carbocycles. The molecule has 1 saturated heterocycles. The smallest absolute Gasteiger partial charge is 0.323 e. The number of carboxylic acids is 1. The average Bonchev–Trinajstić information content (AvgIpc) is 2.97. The molecule has 100 valence electrons. The van der Waals surface area contributed by atoms with Gasteiger partial charge in [0.1, 0.15) is 0 Å². The summed E-state index contributed by atoms with van der Waals surface area (Å²) in [6.45, 7) is 1.63. The van der Waals surface area contributed by atoms with E-state index in [9.17, 15) is 13.2 Å². The highest BCUT2D eigenvalue weighted by molar-refractivity contribution is 7.90. The van der Waals surface area contributed by atoms with Crippen LogP contribution >= 0.6 is 11.3 Å². The molecule has 0 spiro atoms. The van der Waals surface area contributed by atoms with E-state index in [1.165, 1.54) is 22.6 Å². The van der Waals surface area contributed by atoms with Crippen LogP contribution < -0.4 is 0 Å². The van der Waals surface area contributed by atoms with Gasteiger partial charge in [-0.1, -0.05) is 6.07 Å². The quantitative estimate of drug-likeness (QED) is 0.915. The monoisotopic (exact) mass is 289 g/mol. The summed E-state index contributed by atoms with van der Waals surface area (Å²) in [5, 5.41) is 9.40. The Balaban J connectivity index is 2.30. The lowest BCUT2D eigenvalue weighted by molar-refractivity contribution is -0.136. The number of sulfonamides is 1. The van der Waals surface area contributed by atoms with Gasteiger partial charge < -0.3 is 5.11 Å². The van der Waals surface area contributed by atoms with Gasteiger partial charge in [0.05, 0.1) is 6.04 Å². The fourth-order valence-corrected chi connectivity index (χ4v) is 4.70.